The highest BCUT2D eigenvalue weighted by atomic mass is 16.1. The second-order valence-corrected chi connectivity index (χ2v) is 3.02. The molecule has 0 heterocycles. The van der Waals surface area contributed by atoms with Crippen LogP contribution >= 0.6 is 0 Å². The van der Waals surface area contributed by atoms with E-state index < -0.39 is 0 Å². The molecule has 0 spiro atoms. The average Bonchev–Trinajstić information content (AvgIpc) is 1.89. The van der Waals surface area contributed by atoms with Crippen LogP contribution in [0.25, 0.3) is 0 Å². The van der Waals surface area contributed by atoms with Gasteiger partial charge in [0.15, 0.2) is 0 Å². The lowest BCUT2D eigenvalue weighted by atomic mass is 10.2. The average molecular weight is 160 g/mol. The van der Waals surface area contributed by atoms with Gasteiger partial charge in [0.25, 0.3) is 0 Å². The molecule has 0 rings (SSSR count). The quantitative estimate of drug-likeness (QED) is 0.612. The summed E-state index contributed by atoms with van der Waals surface area (Å²) in [7, 11) is 5.35. The lowest BCUT2D eigenvalue weighted by Gasteiger charge is -1.98. The lowest BCUT2D eigenvalue weighted by Crippen LogP contribution is -2.12. The van der Waals surface area contributed by atoms with Gasteiger partial charge in [-0.1, -0.05) is 13.8 Å². The number of hydrogen-bond acceptors (Lipinski definition) is 2. The molecule has 0 saturated carbocycles. The van der Waals surface area contributed by atoms with Crippen molar-refractivity contribution in [3.8, 4) is 0 Å². The van der Waals surface area contributed by atoms with Crippen molar-refractivity contribution >= 4 is 6.41 Å². The first-order valence-corrected chi connectivity index (χ1v) is 3.80. The largest absolute Gasteiger partial charge is 0.351 e. The first kappa shape index (κ1) is 13.1. The van der Waals surface area contributed by atoms with Gasteiger partial charge in [-0.15, -0.1) is 0 Å². The normalized spacial score (nSPS) is 8.55. The van der Waals surface area contributed by atoms with Gasteiger partial charge in [-0.3, -0.25) is 4.79 Å². The Balaban J connectivity index is 0. The van der Waals surface area contributed by atoms with E-state index in [-0.39, 0.29) is 0 Å². The molecule has 0 fully saturated rings. The minimum atomic E-state index is 0.750. The van der Waals surface area contributed by atoms with E-state index >= 15 is 0 Å². The number of nitrogens with one attached hydrogen (secondary N) is 1. The van der Waals surface area contributed by atoms with Crippen LogP contribution in [0.2, 0.25) is 0 Å². The van der Waals surface area contributed by atoms with Crippen molar-refractivity contribution in [2.24, 2.45) is 5.92 Å². The second kappa shape index (κ2) is 9.43. The van der Waals surface area contributed by atoms with Gasteiger partial charge in [-0.25, -0.2) is 0 Å². The smallest absolute Gasteiger partial charge is 0.209 e. The molecule has 1 N–H and O–H groups in total. The lowest BCUT2D eigenvalue weighted by molar-refractivity contribution is -0.115. The van der Waals surface area contributed by atoms with Crippen LogP contribution in [0.15, 0.2) is 0 Å². The fourth-order valence-corrected chi connectivity index (χ4v) is 0.408. The number of carbonyl (C=O) groups excluding carboxylic acids is 1. The molecule has 0 aliphatic rings. The predicted molar refractivity (Wildman–Crippen MR) is 48.5 cm³/mol. The van der Waals surface area contributed by atoms with E-state index in [1.54, 1.807) is 14.1 Å². The molecule has 0 aliphatic heterocycles. The van der Waals surface area contributed by atoms with Gasteiger partial charge < -0.3 is 10.2 Å². The van der Waals surface area contributed by atoms with Crippen molar-refractivity contribution in [2.75, 3.05) is 27.7 Å². The Labute approximate surface area is 69.8 Å². The summed E-state index contributed by atoms with van der Waals surface area (Å²) in [6.07, 6.45) is 0.750. The van der Waals surface area contributed by atoms with Crippen molar-refractivity contribution in [3.05, 3.63) is 0 Å². The summed E-state index contributed by atoms with van der Waals surface area (Å²) in [5.74, 6) is 0.787. The Bertz CT molecular complexity index is 82.2. The number of rotatable bonds is 3. The van der Waals surface area contributed by atoms with Crippen LogP contribution in [0.5, 0.6) is 0 Å². The van der Waals surface area contributed by atoms with Crippen LogP contribution in [0, 0.1) is 5.92 Å². The number of carbonyl (C=O) groups is 1. The van der Waals surface area contributed by atoms with Gasteiger partial charge in [0.1, 0.15) is 0 Å². The summed E-state index contributed by atoms with van der Waals surface area (Å²) in [4.78, 5) is 10.9. The molecule has 0 bridgehead atoms. The van der Waals surface area contributed by atoms with Crippen LogP contribution in [-0.2, 0) is 4.79 Å². The highest BCUT2D eigenvalue weighted by molar-refractivity contribution is 5.45. The Morgan fingerprint density at radius 1 is 1.45 bits per heavy atom. The maximum atomic E-state index is 9.43. The van der Waals surface area contributed by atoms with E-state index in [0.717, 1.165) is 18.9 Å². The maximum Gasteiger partial charge on any atom is 0.209 e. The van der Waals surface area contributed by atoms with Crippen LogP contribution in [0.3, 0.4) is 0 Å². The minimum Gasteiger partial charge on any atom is -0.351 e. The summed E-state index contributed by atoms with van der Waals surface area (Å²) < 4.78 is 0. The Kier molecular flexibility index (Phi) is 11.2. The van der Waals surface area contributed by atoms with Crippen LogP contribution in [0.4, 0.5) is 0 Å². The molecular weight excluding hydrogens is 140 g/mol. The molecule has 0 atom stereocenters. The van der Waals surface area contributed by atoms with E-state index in [9.17, 15) is 4.79 Å². The third-order valence-electron chi connectivity index (χ3n) is 0.823. The zero-order valence-corrected chi connectivity index (χ0v) is 8.22. The fraction of sp³-hybridized carbons (Fsp3) is 0.875. The third kappa shape index (κ3) is 26.5. The van der Waals surface area contributed by atoms with Crippen molar-refractivity contribution in [2.45, 2.75) is 13.8 Å². The molecule has 11 heavy (non-hydrogen) atoms. The Morgan fingerprint density at radius 2 is 1.82 bits per heavy atom. The highest BCUT2D eigenvalue weighted by Crippen LogP contribution is 1.83. The van der Waals surface area contributed by atoms with Crippen LogP contribution < -0.4 is 5.32 Å². The molecule has 3 nitrogen and oxygen atoms in total. The van der Waals surface area contributed by atoms with E-state index in [1.807, 2.05) is 7.05 Å². The summed E-state index contributed by atoms with van der Waals surface area (Å²) in [5, 5.41) is 3.07. The van der Waals surface area contributed by atoms with Crippen LogP contribution in [-0.4, -0.2) is 39.0 Å². The van der Waals surface area contributed by atoms with Crippen LogP contribution in [0.1, 0.15) is 13.8 Å². The number of hydrogen-bond donors (Lipinski definition) is 1. The molecule has 68 valence electrons. The SMILES string of the molecule is CN(C)C=O.CNCC(C)C. The van der Waals surface area contributed by atoms with Crippen molar-refractivity contribution < 1.29 is 4.79 Å². The first-order valence-electron chi connectivity index (χ1n) is 3.80. The predicted octanol–water partition coefficient (Wildman–Crippen LogP) is 0.566. The van der Waals surface area contributed by atoms with E-state index in [1.165, 1.54) is 4.90 Å². The van der Waals surface area contributed by atoms with Crippen molar-refractivity contribution in [1.82, 2.24) is 10.2 Å². The van der Waals surface area contributed by atoms with Crippen molar-refractivity contribution in [1.29, 1.82) is 0 Å². The van der Waals surface area contributed by atoms with Gasteiger partial charge >= 0.3 is 0 Å². The van der Waals surface area contributed by atoms with Gasteiger partial charge in [0.2, 0.25) is 6.41 Å². The second-order valence-electron chi connectivity index (χ2n) is 3.02. The molecule has 3 heteroatoms. The summed E-state index contributed by atoms with van der Waals surface area (Å²) >= 11 is 0. The molecule has 0 aromatic rings. The fourth-order valence-electron chi connectivity index (χ4n) is 0.408. The number of amides is 1. The molecule has 0 aromatic carbocycles. The molecule has 1 amide bonds. The van der Waals surface area contributed by atoms with Gasteiger partial charge in [-0.2, -0.15) is 0 Å². The maximum absolute atomic E-state index is 9.43. The van der Waals surface area contributed by atoms with Crippen molar-refractivity contribution in [3.63, 3.8) is 0 Å². The molecule has 0 radical (unpaired) electrons. The van der Waals surface area contributed by atoms with Gasteiger partial charge in [0.05, 0.1) is 0 Å². The third-order valence-corrected chi connectivity index (χ3v) is 0.823. The Hall–Kier alpha value is -0.570. The molecule has 0 aliphatic carbocycles. The van der Waals surface area contributed by atoms with Gasteiger partial charge in [0, 0.05) is 14.1 Å². The van der Waals surface area contributed by atoms with Gasteiger partial charge in [-0.05, 0) is 19.5 Å². The summed E-state index contributed by atoms with van der Waals surface area (Å²) in [6.45, 7) is 5.51. The molecule has 0 saturated heterocycles. The van der Waals surface area contributed by atoms with E-state index in [4.69, 9.17) is 0 Å². The molecule has 0 unspecified atom stereocenters. The minimum absolute atomic E-state index is 0.750. The Morgan fingerprint density at radius 3 is 1.82 bits per heavy atom. The van der Waals surface area contributed by atoms with E-state index in [2.05, 4.69) is 19.2 Å². The number of nitrogens with zero attached hydrogens (tertiary/aromatic N) is 1. The monoisotopic (exact) mass is 160 g/mol. The zero-order chi connectivity index (χ0) is 9.28. The standard InChI is InChI=1S/C5H13N.C3H7NO/c1-5(2)4-6-3;1-4(2)3-5/h5-6H,4H2,1-3H3;3H,1-2H3. The molecular formula is C8H20N2O. The zero-order valence-electron chi connectivity index (χ0n) is 8.22. The van der Waals surface area contributed by atoms with E-state index in [0.29, 0.717) is 0 Å². The summed E-state index contributed by atoms with van der Waals surface area (Å²) in [5.41, 5.74) is 0. The highest BCUT2D eigenvalue weighted by Gasteiger charge is 1.84. The first-order chi connectivity index (χ1) is 5.04. The molecule has 0 aromatic heterocycles. The topological polar surface area (TPSA) is 32.3 Å². The summed E-state index contributed by atoms with van der Waals surface area (Å²) in [6, 6.07) is 0.